The molecular formula is C22H21N5O3. The van der Waals surface area contributed by atoms with Gasteiger partial charge in [0.2, 0.25) is 0 Å². The summed E-state index contributed by atoms with van der Waals surface area (Å²) in [7, 11) is 3.46. The van der Waals surface area contributed by atoms with Gasteiger partial charge in [-0.3, -0.25) is 14.7 Å². The van der Waals surface area contributed by atoms with Crippen LogP contribution in [-0.4, -0.2) is 43.6 Å². The number of aryl methyl sites for hydroxylation is 1. The molecule has 4 heterocycles. The molecule has 8 nitrogen and oxygen atoms in total. The van der Waals surface area contributed by atoms with Crippen LogP contribution in [0.1, 0.15) is 21.7 Å². The van der Waals surface area contributed by atoms with Crippen molar-refractivity contribution >= 4 is 11.6 Å². The molecule has 0 saturated carbocycles. The number of nitrogens with zero attached hydrogens (tertiary/aromatic N) is 4. The van der Waals surface area contributed by atoms with E-state index in [-0.39, 0.29) is 18.0 Å². The van der Waals surface area contributed by atoms with E-state index in [1.807, 2.05) is 49.6 Å². The van der Waals surface area contributed by atoms with Gasteiger partial charge < -0.3 is 14.2 Å². The zero-order chi connectivity index (χ0) is 20.8. The molecule has 1 aliphatic rings. The second kappa shape index (κ2) is 6.91. The minimum Gasteiger partial charge on any atom is -0.497 e. The van der Waals surface area contributed by atoms with Crippen molar-refractivity contribution < 1.29 is 9.53 Å². The van der Waals surface area contributed by atoms with Crippen molar-refractivity contribution in [3.8, 4) is 17.0 Å². The lowest BCUT2D eigenvalue weighted by molar-refractivity contribution is 0.0723. The molecule has 0 saturated heterocycles. The summed E-state index contributed by atoms with van der Waals surface area (Å²) >= 11 is 0. The molecule has 4 aromatic rings. The molecule has 8 heteroatoms. The minimum absolute atomic E-state index is 0.0805. The lowest BCUT2D eigenvalue weighted by Crippen LogP contribution is -2.40. The average Bonchev–Trinajstić information content (AvgIpc) is 3.39. The first-order valence-corrected chi connectivity index (χ1v) is 9.73. The Kier molecular flexibility index (Phi) is 4.20. The molecule has 0 bridgehead atoms. The van der Waals surface area contributed by atoms with Crippen LogP contribution in [0.4, 0.5) is 0 Å². The van der Waals surface area contributed by atoms with Crippen molar-refractivity contribution in [2.45, 2.75) is 13.0 Å². The summed E-state index contributed by atoms with van der Waals surface area (Å²) < 4.78 is 8.45. The predicted octanol–water partition coefficient (Wildman–Crippen LogP) is 2.24. The normalized spacial score (nSPS) is 13.5. The number of aromatic nitrogens is 4. The number of rotatable bonds is 3. The Morgan fingerprint density at radius 3 is 2.70 bits per heavy atom. The Balaban J connectivity index is 1.51. The summed E-state index contributed by atoms with van der Waals surface area (Å²) in [5.41, 5.74) is 4.06. The highest BCUT2D eigenvalue weighted by molar-refractivity contribution is 5.92. The molecule has 0 unspecified atom stereocenters. The third-order valence-electron chi connectivity index (χ3n) is 5.61. The fraction of sp³-hybridized carbons (Fsp3) is 0.227. The molecule has 5 rings (SSSR count). The van der Waals surface area contributed by atoms with Crippen LogP contribution in [0.25, 0.3) is 16.9 Å². The lowest BCUT2D eigenvalue weighted by Gasteiger charge is -2.27. The zero-order valence-corrected chi connectivity index (χ0v) is 16.8. The molecule has 0 spiro atoms. The number of ether oxygens (including phenoxy) is 1. The Labute approximate surface area is 172 Å². The van der Waals surface area contributed by atoms with E-state index in [0.717, 1.165) is 22.7 Å². The van der Waals surface area contributed by atoms with Crippen LogP contribution < -0.4 is 10.3 Å². The second-order valence-corrected chi connectivity index (χ2v) is 7.42. The number of H-pyrrole nitrogens is 1. The monoisotopic (exact) mass is 403 g/mol. The maximum atomic E-state index is 13.2. The van der Waals surface area contributed by atoms with E-state index >= 15 is 0 Å². The number of amides is 1. The van der Waals surface area contributed by atoms with Gasteiger partial charge in [0.05, 0.1) is 30.6 Å². The molecule has 3 aromatic heterocycles. The fourth-order valence-corrected chi connectivity index (χ4v) is 3.92. The van der Waals surface area contributed by atoms with Crippen LogP contribution in [0.15, 0.2) is 53.5 Å². The minimum atomic E-state index is -0.167. The van der Waals surface area contributed by atoms with Gasteiger partial charge in [0.1, 0.15) is 11.4 Å². The van der Waals surface area contributed by atoms with E-state index in [1.165, 1.54) is 4.52 Å². The smallest absolute Gasteiger partial charge is 0.277 e. The second-order valence-electron chi connectivity index (χ2n) is 7.42. The SMILES string of the molecule is COc1ccc(-c2cc3nc4c(c(=O)n3[nH]2)CN(C(=O)c2cccn2C)CC4)cc1. The molecule has 1 N–H and O–H groups in total. The van der Waals surface area contributed by atoms with E-state index in [1.54, 1.807) is 22.6 Å². The van der Waals surface area contributed by atoms with Gasteiger partial charge in [-0.05, 0) is 42.0 Å². The molecular weight excluding hydrogens is 382 g/mol. The van der Waals surface area contributed by atoms with Gasteiger partial charge >= 0.3 is 0 Å². The van der Waals surface area contributed by atoms with Crippen LogP contribution in [-0.2, 0) is 20.0 Å². The van der Waals surface area contributed by atoms with Crippen molar-refractivity contribution in [1.82, 2.24) is 24.1 Å². The molecule has 1 amide bonds. The Morgan fingerprint density at radius 2 is 2.00 bits per heavy atom. The standard InChI is InChI=1S/C22H21N5O3/c1-25-10-3-4-19(25)22(29)26-11-9-17-16(13-26)21(28)27-20(23-17)12-18(24-27)14-5-7-15(30-2)8-6-14/h3-8,10,12,24H,9,11,13H2,1-2H3. The zero-order valence-electron chi connectivity index (χ0n) is 16.8. The summed E-state index contributed by atoms with van der Waals surface area (Å²) in [6.45, 7) is 0.792. The summed E-state index contributed by atoms with van der Waals surface area (Å²) in [5.74, 6) is 0.687. The highest BCUT2D eigenvalue weighted by Crippen LogP contribution is 2.23. The van der Waals surface area contributed by atoms with Gasteiger partial charge in [0.25, 0.3) is 11.5 Å². The summed E-state index contributed by atoms with van der Waals surface area (Å²) in [6.07, 6.45) is 2.39. The van der Waals surface area contributed by atoms with Gasteiger partial charge in [-0.25, -0.2) is 9.50 Å². The van der Waals surface area contributed by atoms with Gasteiger partial charge in [-0.1, -0.05) is 0 Å². The number of hydrogen-bond acceptors (Lipinski definition) is 4. The highest BCUT2D eigenvalue weighted by atomic mass is 16.5. The van der Waals surface area contributed by atoms with Crippen LogP contribution in [0.3, 0.4) is 0 Å². The maximum absolute atomic E-state index is 13.2. The molecule has 1 aromatic carbocycles. The van der Waals surface area contributed by atoms with Crippen LogP contribution in [0, 0.1) is 0 Å². The number of methoxy groups -OCH3 is 1. The van der Waals surface area contributed by atoms with Crippen molar-refractivity contribution in [3.63, 3.8) is 0 Å². The first kappa shape index (κ1) is 18.2. The summed E-state index contributed by atoms with van der Waals surface area (Å²) in [6, 6.07) is 13.1. The Morgan fingerprint density at radius 1 is 1.20 bits per heavy atom. The van der Waals surface area contributed by atoms with Crippen LogP contribution >= 0.6 is 0 Å². The van der Waals surface area contributed by atoms with Crippen LogP contribution in [0.5, 0.6) is 5.75 Å². The Bertz CT molecular complexity index is 1310. The number of fused-ring (bicyclic) bond motifs is 2. The third kappa shape index (κ3) is 2.88. The van der Waals surface area contributed by atoms with Gasteiger partial charge in [0, 0.05) is 32.3 Å². The number of hydrogen-bond donors (Lipinski definition) is 1. The Hall–Kier alpha value is -3.81. The molecule has 152 valence electrons. The highest BCUT2D eigenvalue weighted by Gasteiger charge is 2.27. The summed E-state index contributed by atoms with van der Waals surface area (Å²) in [4.78, 5) is 32.4. The topological polar surface area (TPSA) is 84.6 Å². The number of aromatic amines is 1. The number of benzene rings is 1. The van der Waals surface area contributed by atoms with E-state index < -0.39 is 0 Å². The van der Waals surface area contributed by atoms with E-state index in [4.69, 9.17) is 9.72 Å². The van der Waals surface area contributed by atoms with Gasteiger partial charge in [0.15, 0.2) is 5.65 Å². The third-order valence-corrected chi connectivity index (χ3v) is 5.61. The van der Waals surface area contributed by atoms with Gasteiger partial charge in [-0.15, -0.1) is 0 Å². The average molecular weight is 403 g/mol. The van der Waals surface area contributed by atoms with E-state index in [2.05, 4.69) is 5.10 Å². The molecule has 0 radical (unpaired) electrons. The van der Waals surface area contributed by atoms with E-state index in [0.29, 0.717) is 29.9 Å². The maximum Gasteiger partial charge on any atom is 0.277 e. The molecule has 0 aliphatic carbocycles. The molecule has 1 aliphatic heterocycles. The molecule has 30 heavy (non-hydrogen) atoms. The number of nitrogens with one attached hydrogen (secondary N) is 1. The predicted molar refractivity (Wildman–Crippen MR) is 112 cm³/mol. The molecule has 0 fully saturated rings. The number of carbonyl (C=O) groups is 1. The van der Waals surface area contributed by atoms with Crippen molar-refractivity contribution in [2.24, 2.45) is 7.05 Å². The number of carbonyl (C=O) groups excluding carboxylic acids is 1. The van der Waals surface area contributed by atoms with Crippen molar-refractivity contribution in [3.05, 3.63) is 76.0 Å². The quantitative estimate of drug-likeness (QED) is 0.569. The van der Waals surface area contributed by atoms with E-state index in [9.17, 15) is 9.59 Å². The fourth-order valence-electron chi connectivity index (χ4n) is 3.92. The van der Waals surface area contributed by atoms with Crippen molar-refractivity contribution in [1.29, 1.82) is 0 Å². The first-order chi connectivity index (χ1) is 14.5. The molecule has 0 atom stereocenters. The largest absolute Gasteiger partial charge is 0.497 e. The first-order valence-electron chi connectivity index (χ1n) is 9.73. The van der Waals surface area contributed by atoms with Gasteiger partial charge in [-0.2, -0.15) is 0 Å². The van der Waals surface area contributed by atoms with Crippen molar-refractivity contribution in [2.75, 3.05) is 13.7 Å². The lowest BCUT2D eigenvalue weighted by atomic mass is 10.1. The summed E-state index contributed by atoms with van der Waals surface area (Å²) in [5, 5.41) is 3.14. The van der Waals surface area contributed by atoms with Crippen LogP contribution in [0.2, 0.25) is 0 Å².